The smallest absolute Gasteiger partial charge is 0.255 e. The molecule has 0 spiro atoms. The molecule has 0 aliphatic carbocycles. The van der Waals surface area contributed by atoms with Crippen LogP contribution in [0.25, 0.3) is 0 Å². The van der Waals surface area contributed by atoms with E-state index in [9.17, 15) is 4.79 Å². The minimum absolute atomic E-state index is 0.0764. The highest BCUT2D eigenvalue weighted by Gasteiger charge is 2.21. The first-order valence-corrected chi connectivity index (χ1v) is 6.70. The fraction of sp³-hybridized carbons (Fsp3) is 0.500. The maximum absolute atomic E-state index is 12.2. The Hall–Kier alpha value is -1.75. The van der Waals surface area contributed by atoms with Crippen molar-refractivity contribution >= 4 is 11.6 Å². The first kappa shape index (κ1) is 12.3. The predicted molar refractivity (Wildman–Crippen MR) is 71.7 cm³/mol. The summed E-state index contributed by atoms with van der Waals surface area (Å²) >= 11 is 0. The van der Waals surface area contributed by atoms with Crippen molar-refractivity contribution in [2.24, 2.45) is 5.92 Å². The second kappa shape index (κ2) is 5.48. The van der Waals surface area contributed by atoms with Gasteiger partial charge in [0.2, 0.25) is 0 Å². The van der Waals surface area contributed by atoms with Gasteiger partial charge in [0.1, 0.15) is 6.61 Å². The van der Waals surface area contributed by atoms with Crippen LogP contribution in [0.5, 0.6) is 5.75 Å². The van der Waals surface area contributed by atoms with E-state index in [2.05, 4.69) is 10.6 Å². The number of amides is 1. The van der Waals surface area contributed by atoms with E-state index in [0.29, 0.717) is 30.4 Å². The molecule has 5 nitrogen and oxygen atoms in total. The number of benzene rings is 1. The number of hydrogen-bond acceptors (Lipinski definition) is 4. The van der Waals surface area contributed by atoms with Gasteiger partial charge in [0.05, 0.1) is 17.9 Å². The van der Waals surface area contributed by atoms with Gasteiger partial charge in [-0.05, 0) is 18.6 Å². The number of para-hydroxylation sites is 1. The zero-order chi connectivity index (χ0) is 13.1. The van der Waals surface area contributed by atoms with Crippen LogP contribution in [0.4, 0.5) is 5.69 Å². The van der Waals surface area contributed by atoms with Gasteiger partial charge in [0.15, 0.2) is 5.75 Å². The Bertz CT molecular complexity index is 470. The maximum Gasteiger partial charge on any atom is 0.255 e. The van der Waals surface area contributed by atoms with E-state index in [-0.39, 0.29) is 5.91 Å². The monoisotopic (exact) mass is 262 g/mol. The Morgan fingerprint density at radius 1 is 1.42 bits per heavy atom. The Morgan fingerprint density at radius 3 is 3.21 bits per heavy atom. The lowest BCUT2D eigenvalue weighted by Gasteiger charge is -2.21. The number of carbonyl (C=O) groups is 1. The highest BCUT2D eigenvalue weighted by molar-refractivity contribution is 5.98. The average Bonchev–Trinajstić information content (AvgIpc) is 2.97. The quantitative estimate of drug-likeness (QED) is 0.861. The van der Waals surface area contributed by atoms with Crippen molar-refractivity contribution < 1.29 is 14.3 Å². The number of fused-ring (bicyclic) bond motifs is 1. The second-order valence-electron chi connectivity index (χ2n) is 4.90. The summed E-state index contributed by atoms with van der Waals surface area (Å²) in [4.78, 5) is 12.2. The number of carbonyl (C=O) groups excluding carboxylic acids is 1. The fourth-order valence-electron chi connectivity index (χ4n) is 2.43. The topological polar surface area (TPSA) is 59.6 Å². The molecule has 1 aromatic rings. The van der Waals surface area contributed by atoms with Gasteiger partial charge in [-0.15, -0.1) is 0 Å². The molecular weight excluding hydrogens is 244 g/mol. The normalized spacial score (nSPS) is 21.2. The fourth-order valence-corrected chi connectivity index (χ4v) is 2.43. The van der Waals surface area contributed by atoms with E-state index < -0.39 is 0 Å². The molecule has 1 aromatic carbocycles. The summed E-state index contributed by atoms with van der Waals surface area (Å²) in [5.74, 6) is 1.02. The molecule has 0 saturated carbocycles. The number of ether oxygens (including phenoxy) is 2. The van der Waals surface area contributed by atoms with Crippen molar-refractivity contribution in [1.29, 1.82) is 0 Å². The Balaban J connectivity index is 1.68. The van der Waals surface area contributed by atoms with E-state index in [4.69, 9.17) is 9.47 Å². The summed E-state index contributed by atoms with van der Waals surface area (Å²) in [5, 5.41) is 6.19. The number of nitrogens with one attached hydrogen (secondary N) is 2. The molecule has 19 heavy (non-hydrogen) atoms. The Labute approximate surface area is 112 Å². The molecule has 1 saturated heterocycles. The summed E-state index contributed by atoms with van der Waals surface area (Å²) in [6, 6.07) is 5.59. The lowest BCUT2D eigenvalue weighted by atomic mass is 10.1. The average molecular weight is 262 g/mol. The van der Waals surface area contributed by atoms with E-state index in [1.807, 2.05) is 12.1 Å². The largest absolute Gasteiger partial charge is 0.489 e. The van der Waals surface area contributed by atoms with Gasteiger partial charge < -0.3 is 20.1 Å². The third kappa shape index (κ3) is 2.66. The zero-order valence-corrected chi connectivity index (χ0v) is 10.8. The van der Waals surface area contributed by atoms with Crippen LogP contribution in [0, 0.1) is 5.92 Å². The molecule has 0 aromatic heterocycles. The van der Waals surface area contributed by atoms with E-state index in [1.165, 1.54) is 0 Å². The number of rotatable bonds is 3. The van der Waals surface area contributed by atoms with Crippen molar-refractivity contribution in [3.8, 4) is 5.75 Å². The molecule has 2 aliphatic rings. The zero-order valence-electron chi connectivity index (χ0n) is 10.8. The molecule has 0 bridgehead atoms. The van der Waals surface area contributed by atoms with Crippen LogP contribution in [-0.4, -0.2) is 38.8 Å². The van der Waals surface area contributed by atoms with Crippen LogP contribution < -0.4 is 15.4 Å². The van der Waals surface area contributed by atoms with Crippen molar-refractivity contribution in [2.45, 2.75) is 6.42 Å². The minimum atomic E-state index is -0.0764. The molecule has 102 valence electrons. The first-order valence-electron chi connectivity index (χ1n) is 6.70. The van der Waals surface area contributed by atoms with Gasteiger partial charge in [0.25, 0.3) is 5.91 Å². The SMILES string of the molecule is O=C(NCC1CCOC1)c1cccc2c1OCCN2. The van der Waals surface area contributed by atoms with Crippen LogP contribution >= 0.6 is 0 Å². The van der Waals surface area contributed by atoms with Crippen molar-refractivity contribution in [3.63, 3.8) is 0 Å². The van der Waals surface area contributed by atoms with Crippen LogP contribution in [0.1, 0.15) is 16.8 Å². The summed E-state index contributed by atoms with van der Waals surface area (Å²) in [6.07, 6.45) is 1.02. The standard InChI is InChI=1S/C14H18N2O3/c17-14(16-8-10-4-6-18-9-10)11-2-1-3-12-13(11)19-7-5-15-12/h1-3,10,15H,4-9H2,(H,16,17). The molecule has 1 unspecified atom stereocenters. The van der Waals surface area contributed by atoms with E-state index >= 15 is 0 Å². The van der Waals surface area contributed by atoms with Crippen molar-refractivity contribution in [1.82, 2.24) is 5.32 Å². The maximum atomic E-state index is 12.2. The van der Waals surface area contributed by atoms with Crippen LogP contribution in [-0.2, 0) is 4.74 Å². The first-order chi connectivity index (χ1) is 9.34. The Kier molecular flexibility index (Phi) is 3.55. The highest BCUT2D eigenvalue weighted by atomic mass is 16.5. The Morgan fingerprint density at radius 2 is 2.37 bits per heavy atom. The van der Waals surface area contributed by atoms with Crippen molar-refractivity contribution in [2.75, 3.05) is 38.2 Å². The molecule has 3 rings (SSSR count). The van der Waals surface area contributed by atoms with Gasteiger partial charge in [-0.3, -0.25) is 4.79 Å². The summed E-state index contributed by atoms with van der Waals surface area (Å²) in [6.45, 7) is 3.57. The van der Waals surface area contributed by atoms with Gasteiger partial charge in [-0.2, -0.15) is 0 Å². The lowest BCUT2D eigenvalue weighted by molar-refractivity contribution is 0.0941. The van der Waals surface area contributed by atoms with Crippen molar-refractivity contribution in [3.05, 3.63) is 23.8 Å². The summed E-state index contributed by atoms with van der Waals surface area (Å²) < 4.78 is 10.9. The predicted octanol–water partition coefficient (Wildman–Crippen LogP) is 1.26. The number of anilines is 1. The molecule has 2 aliphatic heterocycles. The van der Waals surface area contributed by atoms with Crippen LogP contribution in [0.15, 0.2) is 18.2 Å². The van der Waals surface area contributed by atoms with Gasteiger partial charge in [0, 0.05) is 25.6 Å². The van der Waals surface area contributed by atoms with Gasteiger partial charge in [-0.1, -0.05) is 6.07 Å². The molecule has 5 heteroatoms. The van der Waals surface area contributed by atoms with Crippen LogP contribution in [0.3, 0.4) is 0 Å². The van der Waals surface area contributed by atoms with Crippen LogP contribution in [0.2, 0.25) is 0 Å². The molecule has 1 atom stereocenters. The summed E-state index contributed by atoms with van der Waals surface area (Å²) in [7, 11) is 0. The van der Waals surface area contributed by atoms with E-state index in [1.54, 1.807) is 6.07 Å². The molecule has 0 radical (unpaired) electrons. The third-order valence-electron chi connectivity index (χ3n) is 3.50. The summed E-state index contributed by atoms with van der Waals surface area (Å²) in [5.41, 5.74) is 1.49. The molecule has 1 fully saturated rings. The molecular formula is C14H18N2O3. The number of hydrogen-bond donors (Lipinski definition) is 2. The highest BCUT2D eigenvalue weighted by Crippen LogP contribution is 2.31. The lowest BCUT2D eigenvalue weighted by Crippen LogP contribution is -2.30. The minimum Gasteiger partial charge on any atom is -0.489 e. The van der Waals surface area contributed by atoms with Gasteiger partial charge in [-0.25, -0.2) is 0 Å². The van der Waals surface area contributed by atoms with Gasteiger partial charge >= 0.3 is 0 Å². The molecule has 2 N–H and O–H groups in total. The van der Waals surface area contributed by atoms with E-state index in [0.717, 1.165) is 31.9 Å². The molecule has 1 amide bonds. The molecule has 2 heterocycles. The second-order valence-corrected chi connectivity index (χ2v) is 4.90. The third-order valence-corrected chi connectivity index (χ3v) is 3.50.